The molecule has 84 valence electrons. The normalized spacial score (nSPS) is 18.2. The Morgan fingerprint density at radius 1 is 1.38 bits per heavy atom. The Kier molecular flexibility index (Phi) is 1.89. The molecule has 1 aliphatic rings. The first-order chi connectivity index (χ1) is 7.60. The highest BCUT2D eigenvalue weighted by atomic mass is 16.5. The van der Waals surface area contributed by atoms with Crippen molar-refractivity contribution in [2.24, 2.45) is 5.73 Å². The molecule has 1 aliphatic carbocycles. The summed E-state index contributed by atoms with van der Waals surface area (Å²) in [4.78, 5) is 0. The van der Waals surface area contributed by atoms with Gasteiger partial charge in [0.25, 0.3) is 0 Å². The molecule has 1 aromatic heterocycles. The molecule has 2 aromatic rings. The third kappa shape index (κ3) is 1.35. The van der Waals surface area contributed by atoms with Crippen LogP contribution in [0.1, 0.15) is 43.9 Å². The molecule has 3 heteroatoms. The van der Waals surface area contributed by atoms with Gasteiger partial charge in [0.2, 0.25) is 0 Å². The molecular formula is C13H16N2O. The molecule has 1 aromatic carbocycles. The Labute approximate surface area is 94.6 Å². The van der Waals surface area contributed by atoms with Crippen LogP contribution in [0.2, 0.25) is 0 Å². The van der Waals surface area contributed by atoms with Crippen molar-refractivity contribution in [3.63, 3.8) is 0 Å². The SMILES string of the molecule is CC(C)c1onc2ccc(C3(N)CC3)cc12. The second-order valence-corrected chi connectivity index (χ2v) is 5.09. The molecule has 1 heterocycles. The maximum atomic E-state index is 6.20. The van der Waals surface area contributed by atoms with Gasteiger partial charge < -0.3 is 10.3 Å². The molecule has 0 atom stereocenters. The van der Waals surface area contributed by atoms with Crippen molar-refractivity contribution in [1.29, 1.82) is 0 Å². The van der Waals surface area contributed by atoms with Crippen LogP contribution >= 0.6 is 0 Å². The summed E-state index contributed by atoms with van der Waals surface area (Å²) < 4.78 is 5.37. The van der Waals surface area contributed by atoms with E-state index in [-0.39, 0.29) is 5.54 Å². The minimum absolute atomic E-state index is 0.0836. The highest BCUT2D eigenvalue weighted by Crippen LogP contribution is 2.43. The van der Waals surface area contributed by atoms with E-state index in [0.717, 1.165) is 29.5 Å². The molecule has 0 amide bonds. The summed E-state index contributed by atoms with van der Waals surface area (Å²) in [5, 5.41) is 5.18. The van der Waals surface area contributed by atoms with Crippen molar-refractivity contribution in [1.82, 2.24) is 5.16 Å². The van der Waals surface area contributed by atoms with Crippen LogP contribution in [0.25, 0.3) is 10.9 Å². The summed E-state index contributed by atoms with van der Waals surface area (Å²) >= 11 is 0. The number of nitrogens with zero attached hydrogens (tertiary/aromatic N) is 1. The van der Waals surface area contributed by atoms with Gasteiger partial charge >= 0.3 is 0 Å². The topological polar surface area (TPSA) is 52.0 Å². The molecule has 0 aliphatic heterocycles. The first-order valence-electron chi connectivity index (χ1n) is 5.79. The molecule has 3 nitrogen and oxygen atoms in total. The summed E-state index contributed by atoms with van der Waals surface area (Å²) in [5.74, 6) is 1.31. The fourth-order valence-electron chi connectivity index (χ4n) is 2.11. The summed E-state index contributed by atoms with van der Waals surface area (Å²) in [6.07, 6.45) is 2.17. The lowest BCUT2D eigenvalue weighted by Crippen LogP contribution is -2.18. The third-order valence-electron chi connectivity index (χ3n) is 3.39. The predicted octanol–water partition coefficient (Wildman–Crippen LogP) is 2.90. The number of hydrogen-bond acceptors (Lipinski definition) is 3. The number of nitrogens with two attached hydrogens (primary N) is 1. The summed E-state index contributed by atoms with van der Waals surface area (Å²) in [6.45, 7) is 4.23. The van der Waals surface area contributed by atoms with Gasteiger partial charge in [-0.2, -0.15) is 0 Å². The van der Waals surface area contributed by atoms with E-state index in [1.165, 1.54) is 5.56 Å². The van der Waals surface area contributed by atoms with Crippen molar-refractivity contribution in [2.75, 3.05) is 0 Å². The van der Waals surface area contributed by atoms with E-state index >= 15 is 0 Å². The van der Waals surface area contributed by atoms with Crippen molar-refractivity contribution in [3.8, 4) is 0 Å². The van der Waals surface area contributed by atoms with Crippen molar-refractivity contribution < 1.29 is 4.52 Å². The quantitative estimate of drug-likeness (QED) is 0.839. The summed E-state index contributed by atoms with van der Waals surface area (Å²) in [5.41, 5.74) is 8.26. The lowest BCUT2D eigenvalue weighted by Gasteiger charge is -2.08. The average molecular weight is 216 g/mol. The van der Waals surface area contributed by atoms with Gasteiger partial charge in [0, 0.05) is 16.8 Å². The second kappa shape index (κ2) is 3.08. The first kappa shape index (κ1) is 9.85. The number of fused-ring (bicyclic) bond motifs is 1. The van der Waals surface area contributed by atoms with Crippen molar-refractivity contribution in [3.05, 3.63) is 29.5 Å². The highest BCUT2D eigenvalue weighted by molar-refractivity contribution is 5.82. The van der Waals surface area contributed by atoms with Crippen LogP contribution in [0.4, 0.5) is 0 Å². The number of aromatic nitrogens is 1. The summed E-state index contributed by atoms with van der Waals surface area (Å²) in [6, 6.07) is 6.23. The molecule has 2 N–H and O–H groups in total. The fourth-order valence-corrected chi connectivity index (χ4v) is 2.11. The standard InChI is InChI=1S/C13H16N2O/c1-8(2)12-10-7-9(13(14)5-6-13)3-4-11(10)15-16-12/h3-4,7-8H,5-6,14H2,1-2H3. The molecule has 0 saturated heterocycles. The predicted molar refractivity (Wildman–Crippen MR) is 63.2 cm³/mol. The van der Waals surface area contributed by atoms with E-state index in [0.29, 0.717) is 5.92 Å². The number of benzene rings is 1. The molecule has 0 spiro atoms. The van der Waals surface area contributed by atoms with Crippen molar-refractivity contribution in [2.45, 2.75) is 38.1 Å². The Morgan fingerprint density at radius 3 is 2.75 bits per heavy atom. The lowest BCUT2D eigenvalue weighted by atomic mass is 10.0. The maximum absolute atomic E-state index is 6.20. The van der Waals surface area contributed by atoms with E-state index in [4.69, 9.17) is 10.3 Å². The largest absolute Gasteiger partial charge is 0.360 e. The van der Waals surface area contributed by atoms with Gasteiger partial charge in [-0.05, 0) is 30.5 Å². The van der Waals surface area contributed by atoms with E-state index in [1.807, 2.05) is 6.07 Å². The molecule has 1 fully saturated rings. The molecule has 0 bridgehead atoms. The molecule has 0 unspecified atom stereocenters. The minimum Gasteiger partial charge on any atom is -0.360 e. The molecule has 1 saturated carbocycles. The second-order valence-electron chi connectivity index (χ2n) is 5.09. The van der Waals surface area contributed by atoms with Gasteiger partial charge in [-0.15, -0.1) is 0 Å². The van der Waals surface area contributed by atoms with Gasteiger partial charge in [0.05, 0.1) is 0 Å². The van der Waals surface area contributed by atoms with Gasteiger partial charge in [0.15, 0.2) is 0 Å². The average Bonchev–Trinajstić information content (AvgIpc) is 2.87. The Hall–Kier alpha value is -1.35. The van der Waals surface area contributed by atoms with Gasteiger partial charge in [-0.1, -0.05) is 25.1 Å². The minimum atomic E-state index is -0.0836. The van der Waals surface area contributed by atoms with Crippen LogP contribution in [0.15, 0.2) is 22.7 Å². The smallest absolute Gasteiger partial charge is 0.147 e. The zero-order valence-electron chi connectivity index (χ0n) is 9.66. The molecule has 16 heavy (non-hydrogen) atoms. The van der Waals surface area contributed by atoms with Crippen LogP contribution in [0.5, 0.6) is 0 Å². The van der Waals surface area contributed by atoms with Crippen molar-refractivity contribution >= 4 is 10.9 Å². The van der Waals surface area contributed by atoms with Gasteiger partial charge in [-0.3, -0.25) is 0 Å². The zero-order chi connectivity index (χ0) is 11.3. The van der Waals surface area contributed by atoms with E-state index in [9.17, 15) is 0 Å². The Bertz CT molecular complexity index is 538. The van der Waals surface area contributed by atoms with E-state index in [1.54, 1.807) is 0 Å². The van der Waals surface area contributed by atoms with Crippen LogP contribution < -0.4 is 5.73 Å². The summed E-state index contributed by atoms with van der Waals surface area (Å²) in [7, 11) is 0. The van der Waals surface area contributed by atoms with Crippen LogP contribution in [0, 0.1) is 0 Å². The highest BCUT2D eigenvalue weighted by Gasteiger charge is 2.40. The number of hydrogen-bond donors (Lipinski definition) is 1. The maximum Gasteiger partial charge on any atom is 0.147 e. The lowest BCUT2D eigenvalue weighted by molar-refractivity contribution is 0.378. The number of rotatable bonds is 2. The van der Waals surface area contributed by atoms with Gasteiger partial charge in [-0.25, -0.2) is 0 Å². The molecule has 0 radical (unpaired) electrons. The fraction of sp³-hybridized carbons (Fsp3) is 0.462. The van der Waals surface area contributed by atoms with Gasteiger partial charge in [0.1, 0.15) is 11.3 Å². The molecular weight excluding hydrogens is 200 g/mol. The first-order valence-corrected chi connectivity index (χ1v) is 5.79. The zero-order valence-corrected chi connectivity index (χ0v) is 9.66. The third-order valence-corrected chi connectivity index (χ3v) is 3.39. The van der Waals surface area contributed by atoms with Crippen LogP contribution in [-0.2, 0) is 5.54 Å². The Morgan fingerprint density at radius 2 is 2.12 bits per heavy atom. The Balaban J connectivity index is 2.18. The van der Waals surface area contributed by atoms with E-state index < -0.39 is 0 Å². The van der Waals surface area contributed by atoms with E-state index in [2.05, 4.69) is 31.1 Å². The van der Waals surface area contributed by atoms with Crippen LogP contribution in [0.3, 0.4) is 0 Å². The molecule has 3 rings (SSSR count). The van der Waals surface area contributed by atoms with Crippen LogP contribution in [-0.4, -0.2) is 5.16 Å². The monoisotopic (exact) mass is 216 g/mol.